The molecule has 0 aliphatic carbocycles. The van der Waals surface area contributed by atoms with Crippen LogP contribution in [0.4, 0.5) is 19.0 Å². The molecule has 11 heteroatoms. The largest absolute Gasteiger partial charge is 0.573 e. The van der Waals surface area contributed by atoms with E-state index in [1.54, 1.807) is 0 Å². The van der Waals surface area contributed by atoms with E-state index >= 15 is 0 Å². The smallest absolute Gasteiger partial charge is 0.406 e. The Balaban J connectivity index is 1.94. The number of alkyl halides is 3. The van der Waals surface area contributed by atoms with Crippen molar-refractivity contribution in [3.8, 4) is 5.75 Å². The Morgan fingerprint density at radius 2 is 2.04 bits per heavy atom. The van der Waals surface area contributed by atoms with Crippen molar-refractivity contribution >= 4 is 21.7 Å². The van der Waals surface area contributed by atoms with E-state index in [1.807, 2.05) is 0 Å². The standard InChI is InChI=1S/C15H13BrF3N3O4/c1-2-11(7-21-8-13(22(23)24)20-14(21)16)25-9-10-3-5-12(6-4-10)26-15(17,18)19/h2-6,8,11H,1,7,9H2/t11-/m1/s1. The first-order valence-corrected chi connectivity index (χ1v) is 7.93. The molecule has 0 saturated heterocycles. The minimum absolute atomic E-state index is 0.109. The number of nitro groups is 1. The Kier molecular flexibility index (Phi) is 6.37. The van der Waals surface area contributed by atoms with Gasteiger partial charge < -0.3 is 19.6 Å². The van der Waals surface area contributed by atoms with E-state index in [9.17, 15) is 23.3 Å². The van der Waals surface area contributed by atoms with Gasteiger partial charge in [0.2, 0.25) is 0 Å². The van der Waals surface area contributed by atoms with E-state index in [-0.39, 0.29) is 29.5 Å². The maximum absolute atomic E-state index is 12.1. The van der Waals surface area contributed by atoms with Crippen LogP contribution in [-0.2, 0) is 17.9 Å². The number of nitrogens with zero attached hydrogens (tertiary/aromatic N) is 3. The first kappa shape index (κ1) is 19.9. The van der Waals surface area contributed by atoms with Gasteiger partial charge in [-0.05, 0) is 27.6 Å². The second-order valence-corrected chi connectivity index (χ2v) is 5.76. The molecule has 0 radical (unpaired) electrons. The maximum atomic E-state index is 12.1. The van der Waals surface area contributed by atoms with Crippen LogP contribution in [0, 0.1) is 10.1 Å². The minimum Gasteiger partial charge on any atom is -0.406 e. The van der Waals surface area contributed by atoms with E-state index in [2.05, 4.69) is 32.2 Å². The Morgan fingerprint density at radius 1 is 1.38 bits per heavy atom. The van der Waals surface area contributed by atoms with Crippen LogP contribution in [-0.4, -0.2) is 26.9 Å². The van der Waals surface area contributed by atoms with Crippen LogP contribution in [0.5, 0.6) is 5.75 Å². The lowest BCUT2D eigenvalue weighted by Crippen LogP contribution is -2.18. The number of hydrogen-bond acceptors (Lipinski definition) is 5. The topological polar surface area (TPSA) is 79.4 Å². The molecular formula is C15H13BrF3N3O4. The van der Waals surface area contributed by atoms with Crippen molar-refractivity contribution in [2.75, 3.05) is 0 Å². The molecule has 140 valence electrons. The molecule has 0 aliphatic rings. The third kappa shape index (κ3) is 5.85. The van der Waals surface area contributed by atoms with Crippen molar-refractivity contribution in [2.45, 2.75) is 25.6 Å². The predicted molar refractivity (Wildman–Crippen MR) is 88.5 cm³/mol. The third-order valence-corrected chi connectivity index (χ3v) is 3.80. The predicted octanol–water partition coefficient (Wildman–Crippen LogP) is 4.22. The van der Waals surface area contributed by atoms with Crippen LogP contribution in [0.3, 0.4) is 0 Å². The number of hydrogen-bond donors (Lipinski definition) is 0. The fourth-order valence-corrected chi connectivity index (χ4v) is 2.40. The average molecular weight is 436 g/mol. The number of benzene rings is 1. The number of rotatable bonds is 8. The molecule has 26 heavy (non-hydrogen) atoms. The molecule has 0 unspecified atom stereocenters. The Labute approximate surface area is 154 Å². The monoisotopic (exact) mass is 435 g/mol. The summed E-state index contributed by atoms with van der Waals surface area (Å²) in [6.07, 6.45) is -2.47. The summed E-state index contributed by atoms with van der Waals surface area (Å²) in [6.45, 7) is 3.97. The molecule has 1 atom stereocenters. The van der Waals surface area contributed by atoms with Crippen LogP contribution < -0.4 is 4.74 Å². The van der Waals surface area contributed by atoms with E-state index in [4.69, 9.17) is 4.74 Å². The van der Waals surface area contributed by atoms with Gasteiger partial charge in [0.15, 0.2) is 0 Å². The highest BCUT2D eigenvalue weighted by atomic mass is 79.9. The highest BCUT2D eigenvalue weighted by Gasteiger charge is 2.30. The quantitative estimate of drug-likeness (QED) is 0.352. The highest BCUT2D eigenvalue weighted by molar-refractivity contribution is 9.10. The summed E-state index contributed by atoms with van der Waals surface area (Å²) < 4.78 is 47.5. The minimum atomic E-state index is -4.74. The van der Waals surface area contributed by atoms with Gasteiger partial charge in [-0.25, -0.2) is 0 Å². The molecule has 0 bridgehead atoms. The molecule has 1 aromatic carbocycles. The average Bonchev–Trinajstić information content (AvgIpc) is 2.92. The van der Waals surface area contributed by atoms with Crippen molar-refractivity contribution in [3.05, 3.63) is 63.5 Å². The zero-order valence-corrected chi connectivity index (χ0v) is 14.7. The number of aromatic nitrogens is 2. The van der Waals surface area contributed by atoms with Gasteiger partial charge in [-0.2, -0.15) is 0 Å². The summed E-state index contributed by atoms with van der Waals surface area (Å²) >= 11 is 3.12. The summed E-state index contributed by atoms with van der Waals surface area (Å²) in [4.78, 5) is 13.8. The van der Waals surface area contributed by atoms with Crippen molar-refractivity contribution in [1.82, 2.24) is 9.55 Å². The summed E-state index contributed by atoms with van der Waals surface area (Å²) in [5.74, 6) is -0.629. The van der Waals surface area contributed by atoms with Gasteiger partial charge in [-0.15, -0.1) is 19.8 Å². The maximum Gasteiger partial charge on any atom is 0.573 e. The van der Waals surface area contributed by atoms with Crippen molar-refractivity contribution in [3.63, 3.8) is 0 Å². The fraction of sp³-hybridized carbons (Fsp3) is 0.267. The van der Waals surface area contributed by atoms with Gasteiger partial charge in [0, 0.05) is 15.9 Å². The van der Waals surface area contributed by atoms with Gasteiger partial charge in [0.25, 0.3) is 4.73 Å². The first-order chi connectivity index (χ1) is 12.2. The molecule has 0 amide bonds. The molecule has 2 rings (SSSR count). The summed E-state index contributed by atoms with van der Waals surface area (Å²) in [5.41, 5.74) is 0.627. The van der Waals surface area contributed by atoms with E-state index in [0.717, 1.165) is 0 Å². The normalized spacial score (nSPS) is 12.6. The second-order valence-electron chi connectivity index (χ2n) is 5.05. The summed E-state index contributed by atoms with van der Waals surface area (Å²) in [5, 5.41) is 10.7. The summed E-state index contributed by atoms with van der Waals surface area (Å²) in [7, 11) is 0. The van der Waals surface area contributed by atoms with Crippen LogP contribution >= 0.6 is 15.9 Å². The van der Waals surface area contributed by atoms with Crippen LogP contribution in [0.2, 0.25) is 0 Å². The van der Waals surface area contributed by atoms with Gasteiger partial charge in [0.1, 0.15) is 11.9 Å². The SMILES string of the molecule is C=C[C@H](Cn1cc([N+](=O)[O-])nc1Br)OCc1ccc(OC(F)(F)F)cc1. The van der Waals surface area contributed by atoms with Crippen molar-refractivity contribution in [1.29, 1.82) is 0 Å². The lowest BCUT2D eigenvalue weighted by atomic mass is 10.2. The van der Waals surface area contributed by atoms with Crippen LogP contribution in [0.25, 0.3) is 0 Å². The summed E-state index contributed by atoms with van der Waals surface area (Å²) in [6, 6.07) is 5.26. The molecule has 0 fully saturated rings. The Bertz CT molecular complexity index is 777. The number of halogens is 4. The van der Waals surface area contributed by atoms with Gasteiger partial charge in [-0.1, -0.05) is 18.2 Å². The zero-order chi connectivity index (χ0) is 19.3. The van der Waals surface area contributed by atoms with Crippen LogP contribution in [0.15, 0.2) is 47.9 Å². The van der Waals surface area contributed by atoms with Gasteiger partial charge in [-0.3, -0.25) is 4.57 Å². The first-order valence-electron chi connectivity index (χ1n) is 7.14. The second kappa shape index (κ2) is 8.32. The molecule has 2 aromatic rings. The molecular weight excluding hydrogens is 423 g/mol. The molecule has 7 nitrogen and oxygen atoms in total. The number of ether oxygens (including phenoxy) is 2. The molecule has 0 spiro atoms. The van der Waals surface area contributed by atoms with E-state index in [1.165, 1.54) is 41.1 Å². The molecule has 0 aliphatic heterocycles. The van der Waals surface area contributed by atoms with Crippen molar-refractivity contribution < 1.29 is 27.6 Å². The van der Waals surface area contributed by atoms with E-state index < -0.39 is 17.4 Å². The third-order valence-electron chi connectivity index (χ3n) is 3.16. The fourth-order valence-electron chi connectivity index (χ4n) is 1.98. The molecule has 0 N–H and O–H groups in total. The van der Waals surface area contributed by atoms with Gasteiger partial charge >= 0.3 is 12.2 Å². The molecule has 0 saturated carbocycles. The Morgan fingerprint density at radius 3 is 2.54 bits per heavy atom. The zero-order valence-electron chi connectivity index (χ0n) is 13.1. The van der Waals surface area contributed by atoms with Crippen LogP contribution in [0.1, 0.15) is 5.56 Å². The molecule has 1 heterocycles. The Hall–Kier alpha value is -2.40. The van der Waals surface area contributed by atoms with E-state index in [0.29, 0.717) is 5.56 Å². The lowest BCUT2D eigenvalue weighted by molar-refractivity contribution is -0.389. The van der Waals surface area contributed by atoms with Gasteiger partial charge in [0.05, 0.1) is 19.3 Å². The number of imidazole rings is 1. The van der Waals surface area contributed by atoms with Crippen molar-refractivity contribution in [2.24, 2.45) is 0 Å². The highest BCUT2D eigenvalue weighted by Crippen LogP contribution is 2.23. The molecule has 1 aromatic heterocycles. The lowest BCUT2D eigenvalue weighted by Gasteiger charge is -2.15.